The Bertz CT molecular complexity index is 263. The van der Waals surface area contributed by atoms with Crippen LogP contribution >= 0.6 is 0 Å². The fourth-order valence-corrected chi connectivity index (χ4v) is 1.04. The predicted octanol–water partition coefficient (Wildman–Crippen LogP) is -0.983. The van der Waals surface area contributed by atoms with E-state index in [2.05, 4.69) is 14.2 Å². The summed E-state index contributed by atoms with van der Waals surface area (Å²) in [7, 11) is 2.20. The second kappa shape index (κ2) is 6.78. The highest BCUT2D eigenvalue weighted by Crippen LogP contribution is 2.18. The quantitative estimate of drug-likeness (QED) is 0.261. The Kier molecular flexibility index (Phi) is 6.09. The zero-order chi connectivity index (χ0) is 12.6. The van der Waals surface area contributed by atoms with Gasteiger partial charge in [0, 0.05) is 6.42 Å². The lowest BCUT2D eigenvalue weighted by Crippen LogP contribution is -2.43. The summed E-state index contributed by atoms with van der Waals surface area (Å²) in [4.78, 5) is 32.1. The van der Waals surface area contributed by atoms with Gasteiger partial charge in [-0.2, -0.15) is 0 Å². The number of aliphatic hydroxyl groups is 1. The van der Waals surface area contributed by atoms with Gasteiger partial charge in [-0.1, -0.05) is 0 Å². The fraction of sp³-hybridized carbons (Fsp3) is 0.667. The molecule has 0 heterocycles. The van der Waals surface area contributed by atoms with Crippen molar-refractivity contribution in [3.63, 3.8) is 0 Å². The van der Waals surface area contributed by atoms with Gasteiger partial charge in [0.2, 0.25) is 0 Å². The van der Waals surface area contributed by atoms with Crippen LogP contribution in [0.2, 0.25) is 0 Å². The van der Waals surface area contributed by atoms with Crippen molar-refractivity contribution < 1.29 is 33.7 Å². The molecule has 0 aromatic rings. The molecule has 0 saturated carbocycles. The number of ether oxygens (including phenoxy) is 3. The molecule has 0 saturated heterocycles. The van der Waals surface area contributed by atoms with E-state index in [1.54, 1.807) is 0 Å². The summed E-state index contributed by atoms with van der Waals surface area (Å²) in [6.07, 6.45) is -0.800. The average Bonchev–Trinajstić information content (AvgIpc) is 2.28. The predicted molar refractivity (Wildman–Crippen MR) is 50.2 cm³/mol. The van der Waals surface area contributed by atoms with Crippen molar-refractivity contribution in [1.29, 1.82) is 0 Å². The summed E-state index contributed by atoms with van der Waals surface area (Å²) in [5.74, 6) is -1.74. The van der Waals surface area contributed by atoms with E-state index < -0.39 is 24.0 Å². The molecule has 7 heteroatoms. The Labute approximate surface area is 92.3 Å². The highest BCUT2D eigenvalue weighted by atomic mass is 16.5. The first kappa shape index (κ1) is 14.4. The van der Waals surface area contributed by atoms with E-state index in [9.17, 15) is 19.5 Å². The van der Waals surface area contributed by atoms with Crippen LogP contribution < -0.4 is 0 Å². The van der Waals surface area contributed by atoms with Gasteiger partial charge in [0.15, 0.2) is 5.60 Å². The number of esters is 2. The Hall–Kier alpha value is -1.63. The third kappa shape index (κ3) is 4.26. The maximum absolute atomic E-state index is 11.3. The standard InChI is InChI=1S/C9H14O7/c1-14-7(11)5-9(13,8(12)15-2)3-4-16-6-10/h6,13H,3-5H2,1-2H3. The highest BCUT2D eigenvalue weighted by Gasteiger charge is 2.39. The first-order chi connectivity index (χ1) is 7.50. The van der Waals surface area contributed by atoms with Gasteiger partial charge in [-0.25, -0.2) is 4.79 Å². The number of hydrogen-bond donors (Lipinski definition) is 1. The molecule has 0 spiro atoms. The van der Waals surface area contributed by atoms with Crippen LogP contribution in [-0.2, 0) is 28.6 Å². The topological polar surface area (TPSA) is 99.1 Å². The average molecular weight is 234 g/mol. The molecule has 0 fully saturated rings. The second-order valence-electron chi connectivity index (χ2n) is 2.99. The highest BCUT2D eigenvalue weighted by molar-refractivity contribution is 5.85. The number of carbonyl (C=O) groups excluding carboxylic acids is 3. The molecule has 0 aromatic heterocycles. The molecule has 0 rings (SSSR count). The Morgan fingerprint density at radius 1 is 1.31 bits per heavy atom. The van der Waals surface area contributed by atoms with E-state index in [1.165, 1.54) is 0 Å². The summed E-state index contributed by atoms with van der Waals surface area (Å²) in [5, 5.41) is 9.84. The maximum atomic E-state index is 11.3. The molecule has 1 N–H and O–H groups in total. The van der Waals surface area contributed by atoms with Crippen LogP contribution in [0, 0.1) is 0 Å². The number of hydrogen-bond acceptors (Lipinski definition) is 7. The third-order valence-corrected chi connectivity index (χ3v) is 1.93. The fourth-order valence-electron chi connectivity index (χ4n) is 1.04. The minimum Gasteiger partial charge on any atom is -0.469 e. The minimum atomic E-state index is -2.04. The Morgan fingerprint density at radius 3 is 2.38 bits per heavy atom. The summed E-state index contributed by atoms with van der Waals surface area (Å²) in [5.41, 5.74) is -2.04. The van der Waals surface area contributed by atoms with Crippen LogP contribution in [-0.4, -0.2) is 49.9 Å². The first-order valence-electron chi connectivity index (χ1n) is 4.43. The van der Waals surface area contributed by atoms with Crippen molar-refractivity contribution in [2.24, 2.45) is 0 Å². The third-order valence-electron chi connectivity index (χ3n) is 1.93. The molecule has 1 atom stereocenters. The molecule has 7 nitrogen and oxygen atoms in total. The summed E-state index contributed by atoms with van der Waals surface area (Å²) < 4.78 is 13.0. The summed E-state index contributed by atoms with van der Waals surface area (Å²) in [6.45, 7) is -0.0259. The second-order valence-corrected chi connectivity index (χ2v) is 2.99. The lowest BCUT2D eigenvalue weighted by Gasteiger charge is -2.23. The van der Waals surface area contributed by atoms with Crippen LogP contribution in [0.3, 0.4) is 0 Å². The van der Waals surface area contributed by atoms with Gasteiger partial charge in [0.1, 0.15) is 0 Å². The van der Waals surface area contributed by atoms with Crippen LogP contribution in [0.15, 0.2) is 0 Å². The maximum Gasteiger partial charge on any atom is 0.338 e. The Balaban J connectivity index is 4.53. The first-order valence-corrected chi connectivity index (χ1v) is 4.43. The number of rotatable bonds is 7. The van der Waals surface area contributed by atoms with E-state index in [4.69, 9.17) is 0 Å². The monoisotopic (exact) mass is 234 g/mol. The van der Waals surface area contributed by atoms with Crippen LogP contribution in [0.5, 0.6) is 0 Å². The van der Waals surface area contributed by atoms with Gasteiger partial charge in [-0.3, -0.25) is 9.59 Å². The van der Waals surface area contributed by atoms with Gasteiger partial charge in [-0.15, -0.1) is 0 Å². The lowest BCUT2D eigenvalue weighted by atomic mass is 9.96. The van der Waals surface area contributed by atoms with Crippen molar-refractivity contribution in [3.05, 3.63) is 0 Å². The molecule has 1 unspecified atom stereocenters. The molecule has 0 amide bonds. The summed E-state index contributed by atoms with van der Waals surface area (Å²) >= 11 is 0. The van der Waals surface area contributed by atoms with Gasteiger partial charge >= 0.3 is 11.9 Å². The van der Waals surface area contributed by atoms with E-state index in [-0.39, 0.29) is 19.5 Å². The van der Waals surface area contributed by atoms with E-state index in [1.807, 2.05) is 0 Å². The Morgan fingerprint density at radius 2 is 1.94 bits per heavy atom. The van der Waals surface area contributed by atoms with Crippen LogP contribution in [0.1, 0.15) is 12.8 Å². The zero-order valence-electron chi connectivity index (χ0n) is 9.10. The van der Waals surface area contributed by atoms with Gasteiger partial charge in [0.05, 0.1) is 27.2 Å². The molecule has 0 aliphatic rings. The molecule has 0 bridgehead atoms. The number of methoxy groups -OCH3 is 2. The largest absolute Gasteiger partial charge is 0.469 e. The van der Waals surface area contributed by atoms with Crippen LogP contribution in [0.4, 0.5) is 0 Å². The van der Waals surface area contributed by atoms with Gasteiger partial charge in [-0.05, 0) is 0 Å². The molecule has 0 aromatic carbocycles. The SMILES string of the molecule is COC(=O)CC(O)(CCOC=O)C(=O)OC. The minimum absolute atomic E-state index is 0.176. The van der Waals surface area contributed by atoms with Crippen LogP contribution in [0.25, 0.3) is 0 Å². The van der Waals surface area contributed by atoms with E-state index in [0.29, 0.717) is 0 Å². The molecule has 0 aliphatic carbocycles. The van der Waals surface area contributed by atoms with E-state index >= 15 is 0 Å². The molecule has 0 radical (unpaired) electrons. The van der Waals surface area contributed by atoms with Crippen molar-refractivity contribution in [2.75, 3.05) is 20.8 Å². The summed E-state index contributed by atoms with van der Waals surface area (Å²) in [6, 6.07) is 0. The molecular formula is C9H14O7. The van der Waals surface area contributed by atoms with Crippen molar-refractivity contribution in [2.45, 2.75) is 18.4 Å². The molecule has 92 valence electrons. The molecule has 0 aliphatic heterocycles. The van der Waals surface area contributed by atoms with E-state index in [0.717, 1.165) is 14.2 Å². The molecule has 16 heavy (non-hydrogen) atoms. The smallest absolute Gasteiger partial charge is 0.338 e. The van der Waals surface area contributed by atoms with Gasteiger partial charge in [0.25, 0.3) is 6.47 Å². The normalized spacial score (nSPS) is 13.4. The van der Waals surface area contributed by atoms with Crippen molar-refractivity contribution in [1.82, 2.24) is 0 Å². The zero-order valence-corrected chi connectivity index (χ0v) is 9.10. The van der Waals surface area contributed by atoms with Gasteiger partial charge < -0.3 is 19.3 Å². The van der Waals surface area contributed by atoms with Crippen molar-refractivity contribution >= 4 is 18.4 Å². The molecular weight excluding hydrogens is 220 g/mol. The number of carbonyl (C=O) groups is 3. The van der Waals surface area contributed by atoms with Crippen molar-refractivity contribution in [3.8, 4) is 0 Å². The lowest BCUT2D eigenvalue weighted by molar-refractivity contribution is -0.171.